The van der Waals surface area contributed by atoms with Crippen LogP contribution in [0.25, 0.3) is 0 Å². The number of nitrogens with one attached hydrogen (secondary N) is 1. The molecule has 3 aromatic carbocycles. The zero-order valence-corrected chi connectivity index (χ0v) is 18.3. The maximum Gasteiger partial charge on any atom is 0.337 e. The molecule has 3 amide bonds. The Hall–Kier alpha value is -3.53. The molecule has 2 N–H and O–H groups in total. The van der Waals surface area contributed by atoms with Gasteiger partial charge in [-0.05, 0) is 77.5 Å². The summed E-state index contributed by atoms with van der Waals surface area (Å²) in [6.07, 6.45) is 0. The number of imide groups is 1. The monoisotopic (exact) mass is 526 g/mol. The number of carboxylic acids is 1. The molecule has 3 aromatic rings. The van der Waals surface area contributed by atoms with Crippen molar-refractivity contribution in [1.82, 2.24) is 0 Å². The van der Waals surface area contributed by atoms with E-state index in [2.05, 4.69) is 5.32 Å². The first-order valence-electron chi connectivity index (χ1n) is 9.20. The predicted octanol–water partition coefficient (Wildman–Crippen LogP) is 4.35. The van der Waals surface area contributed by atoms with Gasteiger partial charge in [0, 0.05) is 9.13 Å². The van der Waals surface area contributed by atoms with E-state index in [0.29, 0.717) is 22.4 Å². The first-order valence-corrected chi connectivity index (χ1v) is 10.3. The first kappa shape index (κ1) is 20.7. The highest BCUT2D eigenvalue weighted by Gasteiger charge is 2.37. The van der Waals surface area contributed by atoms with E-state index in [9.17, 15) is 24.3 Å². The molecule has 31 heavy (non-hydrogen) atoms. The molecule has 154 valence electrons. The number of nitrogens with zero attached hydrogens (tertiary/aromatic N) is 1. The molecule has 8 heteroatoms. The van der Waals surface area contributed by atoms with Crippen LogP contribution in [0.4, 0.5) is 11.4 Å². The van der Waals surface area contributed by atoms with E-state index in [1.54, 1.807) is 49.4 Å². The van der Waals surface area contributed by atoms with Crippen molar-refractivity contribution >= 4 is 57.7 Å². The lowest BCUT2D eigenvalue weighted by Gasteiger charge is -2.18. The van der Waals surface area contributed by atoms with Crippen LogP contribution in [0.5, 0.6) is 0 Å². The Morgan fingerprint density at radius 2 is 1.58 bits per heavy atom. The smallest absolute Gasteiger partial charge is 0.337 e. The van der Waals surface area contributed by atoms with Crippen LogP contribution in [0.15, 0.2) is 60.7 Å². The Morgan fingerprint density at radius 1 is 0.935 bits per heavy atom. The van der Waals surface area contributed by atoms with E-state index < -0.39 is 23.7 Å². The number of rotatable bonds is 4. The third kappa shape index (κ3) is 3.70. The minimum Gasteiger partial charge on any atom is -0.478 e. The number of benzene rings is 3. The van der Waals surface area contributed by atoms with E-state index in [4.69, 9.17) is 0 Å². The number of fused-ring (bicyclic) bond motifs is 1. The summed E-state index contributed by atoms with van der Waals surface area (Å²) in [5.74, 6) is -2.62. The number of halogens is 1. The Labute approximate surface area is 190 Å². The zero-order valence-electron chi connectivity index (χ0n) is 16.2. The molecular weight excluding hydrogens is 511 g/mol. The fourth-order valence-electron chi connectivity index (χ4n) is 3.40. The quantitative estimate of drug-likeness (QED) is 0.389. The zero-order chi connectivity index (χ0) is 22.3. The molecule has 0 unspecified atom stereocenters. The minimum atomic E-state index is -1.16. The van der Waals surface area contributed by atoms with Gasteiger partial charge in [-0.15, -0.1) is 0 Å². The number of aryl methyl sites for hydroxylation is 1. The second-order valence-corrected chi connectivity index (χ2v) is 8.19. The number of carboxylic acid groups (broad SMARTS) is 1. The number of aromatic carboxylic acids is 1. The van der Waals surface area contributed by atoms with Crippen LogP contribution < -0.4 is 10.2 Å². The number of amides is 3. The molecule has 0 saturated heterocycles. The van der Waals surface area contributed by atoms with Gasteiger partial charge in [0.2, 0.25) is 0 Å². The third-order valence-electron chi connectivity index (χ3n) is 4.97. The lowest BCUT2D eigenvalue weighted by Crippen LogP contribution is -2.30. The molecule has 0 aliphatic carbocycles. The SMILES string of the molecule is Cc1ccc(C(=O)Nc2ccc(I)cc2C(=O)O)cc1N1C(=O)c2ccccc2C1=O. The number of hydrogen-bond donors (Lipinski definition) is 2. The molecule has 0 radical (unpaired) electrons. The summed E-state index contributed by atoms with van der Waals surface area (Å²) in [7, 11) is 0. The normalized spacial score (nSPS) is 12.6. The van der Waals surface area contributed by atoms with E-state index in [-0.39, 0.29) is 16.8 Å². The highest BCUT2D eigenvalue weighted by atomic mass is 127. The molecule has 7 nitrogen and oxygen atoms in total. The van der Waals surface area contributed by atoms with Crippen molar-refractivity contribution in [2.24, 2.45) is 0 Å². The molecule has 0 saturated carbocycles. The second kappa shape index (κ2) is 7.95. The van der Waals surface area contributed by atoms with Gasteiger partial charge in [0.1, 0.15) is 0 Å². The van der Waals surface area contributed by atoms with Gasteiger partial charge in [-0.2, -0.15) is 0 Å². The predicted molar refractivity (Wildman–Crippen MR) is 123 cm³/mol. The van der Waals surface area contributed by atoms with Gasteiger partial charge in [-0.25, -0.2) is 9.69 Å². The lowest BCUT2D eigenvalue weighted by atomic mass is 10.1. The van der Waals surface area contributed by atoms with Crippen molar-refractivity contribution in [2.75, 3.05) is 10.2 Å². The third-order valence-corrected chi connectivity index (χ3v) is 5.64. The van der Waals surface area contributed by atoms with Crippen LogP contribution in [0.2, 0.25) is 0 Å². The van der Waals surface area contributed by atoms with Crippen LogP contribution in [0.3, 0.4) is 0 Å². The summed E-state index contributed by atoms with van der Waals surface area (Å²) in [6, 6.07) is 15.9. The Morgan fingerprint density at radius 3 is 2.19 bits per heavy atom. The topological polar surface area (TPSA) is 104 Å². The average Bonchev–Trinajstić information content (AvgIpc) is 3.00. The van der Waals surface area contributed by atoms with Gasteiger partial charge in [0.15, 0.2) is 0 Å². The molecule has 0 spiro atoms. The average molecular weight is 526 g/mol. The Balaban J connectivity index is 1.68. The summed E-state index contributed by atoms with van der Waals surface area (Å²) in [6.45, 7) is 1.74. The standard InChI is InChI=1S/C23H15IN2O5/c1-12-6-7-13(20(27)25-18-9-8-14(24)11-17(18)23(30)31)10-19(12)26-21(28)15-4-2-3-5-16(15)22(26)29/h2-11H,1H3,(H,25,27)(H,30,31). The molecule has 1 aliphatic heterocycles. The van der Waals surface area contributed by atoms with E-state index in [1.807, 2.05) is 22.6 Å². The summed E-state index contributed by atoms with van der Waals surface area (Å²) in [5.41, 5.74) is 1.88. The van der Waals surface area contributed by atoms with Crippen molar-refractivity contribution < 1.29 is 24.3 Å². The fourth-order valence-corrected chi connectivity index (χ4v) is 3.89. The lowest BCUT2D eigenvalue weighted by molar-refractivity contribution is 0.0697. The van der Waals surface area contributed by atoms with Gasteiger partial charge in [-0.3, -0.25) is 14.4 Å². The summed E-state index contributed by atoms with van der Waals surface area (Å²) >= 11 is 1.99. The van der Waals surface area contributed by atoms with Gasteiger partial charge >= 0.3 is 5.97 Å². The van der Waals surface area contributed by atoms with Crippen molar-refractivity contribution in [3.63, 3.8) is 0 Å². The van der Waals surface area contributed by atoms with Crippen LogP contribution in [0, 0.1) is 10.5 Å². The largest absolute Gasteiger partial charge is 0.478 e. The molecule has 1 aliphatic rings. The van der Waals surface area contributed by atoms with Crippen molar-refractivity contribution in [2.45, 2.75) is 6.92 Å². The molecule has 1 heterocycles. The van der Waals surface area contributed by atoms with Gasteiger partial charge < -0.3 is 10.4 Å². The molecule has 0 fully saturated rings. The molecular formula is C23H15IN2O5. The second-order valence-electron chi connectivity index (χ2n) is 6.94. The maximum atomic E-state index is 12.8. The molecule has 0 aromatic heterocycles. The number of anilines is 2. The highest BCUT2D eigenvalue weighted by Crippen LogP contribution is 2.31. The first-order chi connectivity index (χ1) is 14.8. The highest BCUT2D eigenvalue weighted by molar-refractivity contribution is 14.1. The fraction of sp³-hybridized carbons (Fsp3) is 0.0435. The van der Waals surface area contributed by atoms with Crippen LogP contribution in [0.1, 0.15) is 47.0 Å². The van der Waals surface area contributed by atoms with Crippen molar-refractivity contribution in [3.8, 4) is 0 Å². The van der Waals surface area contributed by atoms with E-state index >= 15 is 0 Å². The molecule has 4 rings (SSSR count). The van der Waals surface area contributed by atoms with Crippen molar-refractivity contribution in [1.29, 1.82) is 0 Å². The summed E-state index contributed by atoms with van der Waals surface area (Å²) in [4.78, 5) is 51.1. The molecule has 0 bridgehead atoms. The van der Waals surface area contributed by atoms with Crippen LogP contribution >= 0.6 is 22.6 Å². The van der Waals surface area contributed by atoms with Gasteiger partial charge in [0.05, 0.1) is 28.1 Å². The Kier molecular flexibility index (Phi) is 5.32. The van der Waals surface area contributed by atoms with Crippen molar-refractivity contribution in [3.05, 3.63) is 92.1 Å². The summed E-state index contributed by atoms with van der Waals surface area (Å²) in [5, 5.41) is 12.0. The van der Waals surface area contributed by atoms with Crippen LogP contribution in [-0.2, 0) is 0 Å². The number of carbonyl (C=O) groups is 4. The molecule has 0 atom stereocenters. The van der Waals surface area contributed by atoms with Crippen LogP contribution in [-0.4, -0.2) is 28.8 Å². The minimum absolute atomic E-state index is 0.0343. The van der Waals surface area contributed by atoms with Gasteiger partial charge in [-0.1, -0.05) is 18.2 Å². The number of carbonyl (C=O) groups excluding carboxylic acids is 3. The van der Waals surface area contributed by atoms with E-state index in [1.165, 1.54) is 18.2 Å². The summed E-state index contributed by atoms with van der Waals surface area (Å²) < 4.78 is 0.719. The maximum absolute atomic E-state index is 12.8. The van der Waals surface area contributed by atoms with Gasteiger partial charge in [0.25, 0.3) is 17.7 Å². The Bertz CT molecular complexity index is 1250. The number of hydrogen-bond acceptors (Lipinski definition) is 4. The van der Waals surface area contributed by atoms with E-state index in [0.717, 1.165) is 8.47 Å².